The summed E-state index contributed by atoms with van der Waals surface area (Å²) >= 11 is 0. The Morgan fingerprint density at radius 1 is 1.14 bits per heavy atom. The highest BCUT2D eigenvalue weighted by Crippen LogP contribution is 2.12. The normalized spacial score (nSPS) is 15.2. The van der Waals surface area contributed by atoms with Gasteiger partial charge in [0.25, 0.3) is 0 Å². The molecule has 0 rings (SSSR count). The van der Waals surface area contributed by atoms with Gasteiger partial charge in [-0.2, -0.15) is 0 Å². The predicted octanol–water partition coefficient (Wildman–Crippen LogP) is 2.45. The lowest BCUT2D eigenvalue weighted by Gasteiger charge is -2.34. The molecule has 1 atom stereocenters. The molecular weight excluding hydrogens is 172 g/mol. The van der Waals surface area contributed by atoms with Gasteiger partial charge >= 0.3 is 0 Å². The second-order valence-electron chi connectivity index (χ2n) is 5.30. The van der Waals surface area contributed by atoms with E-state index in [4.69, 9.17) is 0 Å². The molecule has 0 N–H and O–H groups in total. The molecule has 0 aliphatic rings. The monoisotopic (exact) mass is 200 g/mol. The topological polar surface area (TPSA) is 6.48 Å². The molecule has 0 aromatic heterocycles. The molecule has 2 heteroatoms. The molecule has 0 aromatic rings. The van der Waals surface area contributed by atoms with Crippen molar-refractivity contribution in [2.75, 3.05) is 27.2 Å². The standard InChI is InChI=1S/C12H28N2/c1-8-13(6)11(2)9-10-14(7)12(3,4)5/h11H,8-10H2,1-7H3. The highest BCUT2D eigenvalue weighted by molar-refractivity contribution is 4.74. The maximum Gasteiger partial charge on any atom is 0.0122 e. The van der Waals surface area contributed by atoms with Gasteiger partial charge in [-0.15, -0.1) is 0 Å². The first-order chi connectivity index (χ1) is 6.29. The van der Waals surface area contributed by atoms with Crippen LogP contribution in [-0.2, 0) is 0 Å². The summed E-state index contributed by atoms with van der Waals surface area (Å²) < 4.78 is 0. The maximum absolute atomic E-state index is 2.42. The van der Waals surface area contributed by atoms with Crippen LogP contribution in [0, 0.1) is 0 Å². The van der Waals surface area contributed by atoms with Crippen LogP contribution in [0.4, 0.5) is 0 Å². The molecule has 0 aliphatic heterocycles. The van der Waals surface area contributed by atoms with E-state index >= 15 is 0 Å². The van der Waals surface area contributed by atoms with E-state index in [2.05, 4.69) is 58.5 Å². The van der Waals surface area contributed by atoms with Gasteiger partial charge in [-0.3, -0.25) is 0 Å². The van der Waals surface area contributed by atoms with Gasteiger partial charge in [0, 0.05) is 11.6 Å². The summed E-state index contributed by atoms with van der Waals surface area (Å²) in [4.78, 5) is 4.82. The van der Waals surface area contributed by atoms with Crippen molar-refractivity contribution in [3.8, 4) is 0 Å². The van der Waals surface area contributed by atoms with Crippen molar-refractivity contribution >= 4 is 0 Å². The average molecular weight is 200 g/mol. The number of hydrogen-bond acceptors (Lipinski definition) is 2. The molecule has 0 saturated heterocycles. The molecule has 0 radical (unpaired) electrons. The second kappa shape index (κ2) is 5.72. The summed E-state index contributed by atoms with van der Waals surface area (Å²) in [5.41, 5.74) is 0.296. The number of nitrogens with zero attached hydrogens (tertiary/aromatic N) is 2. The van der Waals surface area contributed by atoms with Crippen molar-refractivity contribution in [1.82, 2.24) is 9.80 Å². The summed E-state index contributed by atoms with van der Waals surface area (Å²) in [7, 11) is 4.40. The van der Waals surface area contributed by atoms with Crippen molar-refractivity contribution in [2.24, 2.45) is 0 Å². The third-order valence-electron chi connectivity index (χ3n) is 3.28. The Kier molecular flexibility index (Phi) is 5.68. The van der Waals surface area contributed by atoms with Gasteiger partial charge in [0.1, 0.15) is 0 Å². The van der Waals surface area contributed by atoms with Crippen LogP contribution in [0.25, 0.3) is 0 Å². The lowest BCUT2D eigenvalue weighted by molar-refractivity contribution is 0.151. The molecule has 14 heavy (non-hydrogen) atoms. The predicted molar refractivity (Wildman–Crippen MR) is 64.8 cm³/mol. The van der Waals surface area contributed by atoms with E-state index in [-0.39, 0.29) is 0 Å². The third kappa shape index (κ3) is 4.97. The molecule has 0 fully saturated rings. The number of hydrogen-bond donors (Lipinski definition) is 0. The van der Waals surface area contributed by atoms with Gasteiger partial charge in [-0.05, 0) is 61.3 Å². The summed E-state index contributed by atoms with van der Waals surface area (Å²) in [6, 6.07) is 0.685. The minimum Gasteiger partial charge on any atom is -0.304 e. The lowest BCUT2D eigenvalue weighted by Crippen LogP contribution is -2.41. The molecule has 86 valence electrons. The minimum atomic E-state index is 0.296. The van der Waals surface area contributed by atoms with Gasteiger partial charge in [0.2, 0.25) is 0 Å². The SMILES string of the molecule is CCN(C)C(C)CCN(C)C(C)(C)C. The van der Waals surface area contributed by atoms with Crippen molar-refractivity contribution in [3.05, 3.63) is 0 Å². The molecule has 0 heterocycles. The van der Waals surface area contributed by atoms with E-state index in [1.807, 2.05) is 0 Å². The Labute approximate surface area is 90.3 Å². The molecule has 1 unspecified atom stereocenters. The first-order valence-corrected chi connectivity index (χ1v) is 5.70. The van der Waals surface area contributed by atoms with Crippen molar-refractivity contribution in [1.29, 1.82) is 0 Å². The van der Waals surface area contributed by atoms with Gasteiger partial charge < -0.3 is 9.80 Å². The Morgan fingerprint density at radius 2 is 1.64 bits per heavy atom. The maximum atomic E-state index is 2.42. The van der Waals surface area contributed by atoms with Crippen LogP contribution >= 0.6 is 0 Å². The Hall–Kier alpha value is -0.0800. The summed E-state index contributed by atoms with van der Waals surface area (Å²) in [5.74, 6) is 0. The third-order valence-corrected chi connectivity index (χ3v) is 3.28. The average Bonchev–Trinajstić information content (AvgIpc) is 2.10. The smallest absolute Gasteiger partial charge is 0.0122 e. The summed E-state index contributed by atoms with van der Waals surface area (Å²) in [5, 5.41) is 0. The van der Waals surface area contributed by atoms with Gasteiger partial charge in [-0.25, -0.2) is 0 Å². The first-order valence-electron chi connectivity index (χ1n) is 5.70. The fourth-order valence-corrected chi connectivity index (χ4v) is 1.25. The van der Waals surface area contributed by atoms with Crippen molar-refractivity contribution in [2.45, 2.75) is 52.6 Å². The van der Waals surface area contributed by atoms with E-state index < -0.39 is 0 Å². The van der Waals surface area contributed by atoms with Crippen LogP contribution in [0.5, 0.6) is 0 Å². The zero-order chi connectivity index (χ0) is 11.4. The molecular formula is C12H28N2. The van der Waals surface area contributed by atoms with E-state index in [1.165, 1.54) is 13.0 Å². The molecule has 0 bridgehead atoms. The van der Waals surface area contributed by atoms with Crippen molar-refractivity contribution < 1.29 is 0 Å². The molecule has 0 aromatic carbocycles. The van der Waals surface area contributed by atoms with Crippen LogP contribution in [0.2, 0.25) is 0 Å². The molecule has 2 nitrogen and oxygen atoms in total. The molecule has 0 saturated carbocycles. The van der Waals surface area contributed by atoms with E-state index in [0.717, 1.165) is 6.54 Å². The van der Waals surface area contributed by atoms with Gasteiger partial charge in [0.15, 0.2) is 0 Å². The van der Waals surface area contributed by atoms with Crippen molar-refractivity contribution in [3.63, 3.8) is 0 Å². The van der Waals surface area contributed by atoms with Crippen LogP contribution in [0.1, 0.15) is 41.0 Å². The molecule has 0 amide bonds. The van der Waals surface area contributed by atoms with Gasteiger partial charge in [-0.1, -0.05) is 6.92 Å². The Balaban J connectivity index is 3.83. The van der Waals surface area contributed by atoms with E-state index in [1.54, 1.807) is 0 Å². The quantitative estimate of drug-likeness (QED) is 0.672. The largest absolute Gasteiger partial charge is 0.304 e. The zero-order valence-corrected chi connectivity index (χ0v) is 11.1. The fourth-order valence-electron chi connectivity index (χ4n) is 1.25. The summed E-state index contributed by atoms with van der Waals surface area (Å²) in [6.07, 6.45) is 1.25. The lowest BCUT2D eigenvalue weighted by atomic mass is 10.1. The second-order valence-corrected chi connectivity index (χ2v) is 5.30. The summed E-state index contributed by atoms with van der Waals surface area (Å²) in [6.45, 7) is 13.6. The fraction of sp³-hybridized carbons (Fsp3) is 1.00. The molecule has 0 spiro atoms. The molecule has 0 aliphatic carbocycles. The van der Waals surface area contributed by atoms with Gasteiger partial charge in [0.05, 0.1) is 0 Å². The first kappa shape index (κ1) is 13.9. The highest BCUT2D eigenvalue weighted by Gasteiger charge is 2.17. The van der Waals surface area contributed by atoms with E-state index in [9.17, 15) is 0 Å². The Bertz CT molecular complexity index is 149. The Morgan fingerprint density at radius 3 is 2.00 bits per heavy atom. The minimum absolute atomic E-state index is 0.296. The van der Waals surface area contributed by atoms with Crippen LogP contribution in [-0.4, -0.2) is 48.6 Å². The number of rotatable bonds is 5. The zero-order valence-electron chi connectivity index (χ0n) is 11.1. The van der Waals surface area contributed by atoms with E-state index in [0.29, 0.717) is 11.6 Å². The van der Waals surface area contributed by atoms with Crippen LogP contribution < -0.4 is 0 Å². The van der Waals surface area contributed by atoms with Crippen LogP contribution in [0.15, 0.2) is 0 Å². The van der Waals surface area contributed by atoms with Crippen LogP contribution in [0.3, 0.4) is 0 Å². The highest BCUT2D eigenvalue weighted by atomic mass is 15.2.